The van der Waals surface area contributed by atoms with Crippen LogP contribution < -0.4 is 25.9 Å². The predicted octanol–water partition coefficient (Wildman–Crippen LogP) is -0.456. The monoisotopic (exact) mass is 415 g/mol. The van der Waals surface area contributed by atoms with E-state index in [9.17, 15) is 8.42 Å². The van der Waals surface area contributed by atoms with Crippen LogP contribution in [0.3, 0.4) is 0 Å². The van der Waals surface area contributed by atoms with Crippen molar-refractivity contribution < 1.29 is 34.4 Å². The lowest BCUT2D eigenvalue weighted by atomic mass is 10.1. The molecular formula is C16H16IO3S+. The molecule has 3 rings (SSSR count). The number of sulfone groups is 1. The minimum Gasteiger partial charge on any atom is -0.493 e. The van der Waals surface area contributed by atoms with Gasteiger partial charge in [0.25, 0.3) is 0 Å². The SMILES string of the molecule is CS(=O)(=O)c1ccc([I+]c2ccc3c(c2)CCCO3)cc1. The first-order valence-electron chi connectivity index (χ1n) is 6.73. The molecule has 0 N–H and O–H groups in total. The zero-order valence-corrected chi connectivity index (χ0v) is 14.6. The Balaban J connectivity index is 1.80. The summed E-state index contributed by atoms with van der Waals surface area (Å²) >= 11 is -0.288. The highest BCUT2D eigenvalue weighted by Gasteiger charge is 2.20. The van der Waals surface area contributed by atoms with E-state index >= 15 is 0 Å². The third-order valence-corrected chi connectivity index (χ3v) is 7.09. The van der Waals surface area contributed by atoms with Crippen molar-refractivity contribution in [1.29, 1.82) is 0 Å². The van der Waals surface area contributed by atoms with Gasteiger partial charge in [0.05, 0.1) is 11.5 Å². The highest BCUT2D eigenvalue weighted by Crippen LogP contribution is 2.23. The molecule has 1 aliphatic heterocycles. The summed E-state index contributed by atoms with van der Waals surface area (Å²) in [6.45, 7) is 0.814. The smallest absolute Gasteiger partial charge is 0.357 e. The molecule has 3 nitrogen and oxygen atoms in total. The fourth-order valence-electron chi connectivity index (χ4n) is 2.26. The largest absolute Gasteiger partial charge is 0.493 e. The van der Waals surface area contributed by atoms with Gasteiger partial charge in [0.15, 0.2) is 17.0 Å². The summed E-state index contributed by atoms with van der Waals surface area (Å²) in [7, 11) is -3.11. The number of aryl methyl sites for hydroxylation is 1. The summed E-state index contributed by atoms with van der Waals surface area (Å²) in [4.78, 5) is 0.383. The van der Waals surface area contributed by atoms with Gasteiger partial charge < -0.3 is 4.74 Å². The molecule has 1 aliphatic rings. The van der Waals surface area contributed by atoms with E-state index in [0.29, 0.717) is 4.90 Å². The fraction of sp³-hybridized carbons (Fsp3) is 0.250. The van der Waals surface area contributed by atoms with Crippen LogP contribution >= 0.6 is 0 Å². The molecule has 0 atom stereocenters. The van der Waals surface area contributed by atoms with Gasteiger partial charge in [-0.3, -0.25) is 0 Å². The molecule has 110 valence electrons. The van der Waals surface area contributed by atoms with Gasteiger partial charge in [-0.15, -0.1) is 0 Å². The molecule has 0 amide bonds. The van der Waals surface area contributed by atoms with Crippen molar-refractivity contribution in [3.05, 3.63) is 55.2 Å². The van der Waals surface area contributed by atoms with E-state index in [1.54, 1.807) is 12.1 Å². The van der Waals surface area contributed by atoms with Gasteiger partial charge in [-0.2, -0.15) is 0 Å². The van der Waals surface area contributed by atoms with E-state index in [2.05, 4.69) is 18.2 Å². The molecular weight excluding hydrogens is 399 g/mol. The van der Waals surface area contributed by atoms with E-state index in [1.165, 1.54) is 19.0 Å². The van der Waals surface area contributed by atoms with Gasteiger partial charge in [-0.1, -0.05) is 0 Å². The lowest BCUT2D eigenvalue weighted by Gasteiger charge is -2.15. The average Bonchev–Trinajstić information content (AvgIpc) is 2.47. The summed E-state index contributed by atoms with van der Waals surface area (Å²) in [6, 6.07) is 13.7. The van der Waals surface area contributed by atoms with Crippen molar-refractivity contribution in [2.45, 2.75) is 17.7 Å². The summed E-state index contributed by atoms with van der Waals surface area (Å²) < 4.78 is 31.1. The fourth-order valence-corrected chi connectivity index (χ4v) is 5.22. The maximum absolute atomic E-state index is 11.5. The van der Waals surface area contributed by atoms with E-state index in [-0.39, 0.29) is 21.2 Å². The topological polar surface area (TPSA) is 43.4 Å². The molecule has 5 heteroatoms. The molecule has 2 aromatic carbocycles. The second-order valence-corrected chi connectivity index (χ2v) is 10.1. The second kappa shape index (κ2) is 5.96. The van der Waals surface area contributed by atoms with Crippen LogP contribution in [-0.4, -0.2) is 21.3 Å². The van der Waals surface area contributed by atoms with Gasteiger partial charge in [0.1, 0.15) is 5.75 Å². The number of fused-ring (bicyclic) bond motifs is 1. The standard InChI is InChI=1S/C16H16IO3S/c1-21(18,19)15-7-4-13(5-8-15)17-14-6-9-16-12(11-14)3-2-10-20-16/h4-9,11H,2-3,10H2,1H3/q+1. The van der Waals surface area contributed by atoms with Crippen molar-refractivity contribution in [2.24, 2.45) is 0 Å². The van der Waals surface area contributed by atoms with E-state index in [4.69, 9.17) is 4.74 Å². The lowest BCUT2D eigenvalue weighted by Crippen LogP contribution is -3.61. The van der Waals surface area contributed by atoms with Gasteiger partial charge >= 0.3 is 21.2 Å². The Bertz CT molecular complexity index is 752. The summed E-state index contributed by atoms with van der Waals surface area (Å²) in [5.74, 6) is 1.02. The van der Waals surface area contributed by atoms with Gasteiger partial charge in [-0.05, 0) is 60.9 Å². The maximum Gasteiger partial charge on any atom is 0.357 e. The minimum atomic E-state index is -3.11. The first-order valence-corrected chi connectivity index (χ1v) is 10.8. The maximum atomic E-state index is 11.5. The quantitative estimate of drug-likeness (QED) is 0.638. The highest BCUT2D eigenvalue weighted by atomic mass is 127. The number of benzene rings is 2. The van der Waals surface area contributed by atoms with Crippen LogP contribution in [0, 0.1) is 7.14 Å². The predicted molar refractivity (Wildman–Crippen MR) is 77.2 cm³/mol. The Morgan fingerprint density at radius 3 is 2.48 bits per heavy atom. The molecule has 21 heavy (non-hydrogen) atoms. The number of hydrogen-bond acceptors (Lipinski definition) is 3. The Kier molecular flexibility index (Phi) is 4.21. The van der Waals surface area contributed by atoms with E-state index in [0.717, 1.165) is 25.2 Å². The van der Waals surface area contributed by atoms with Crippen LogP contribution in [0.2, 0.25) is 0 Å². The number of rotatable bonds is 3. The molecule has 0 aliphatic carbocycles. The van der Waals surface area contributed by atoms with Crippen LogP contribution in [-0.2, 0) is 16.3 Å². The molecule has 0 saturated carbocycles. The van der Waals surface area contributed by atoms with E-state index in [1.807, 2.05) is 12.1 Å². The molecule has 0 fully saturated rings. The van der Waals surface area contributed by atoms with Crippen molar-refractivity contribution in [3.8, 4) is 5.75 Å². The zero-order valence-electron chi connectivity index (χ0n) is 11.7. The molecule has 0 unspecified atom stereocenters. The molecule has 0 spiro atoms. The van der Waals surface area contributed by atoms with Crippen LogP contribution in [0.1, 0.15) is 12.0 Å². The zero-order chi connectivity index (χ0) is 14.9. The first kappa shape index (κ1) is 14.8. The Morgan fingerprint density at radius 1 is 1.05 bits per heavy atom. The second-order valence-electron chi connectivity index (χ2n) is 5.02. The molecule has 2 aromatic rings. The van der Waals surface area contributed by atoms with Gasteiger partial charge in [-0.25, -0.2) is 8.42 Å². The molecule has 0 aromatic heterocycles. The molecule has 0 radical (unpaired) electrons. The normalized spacial score (nSPS) is 14.3. The molecule has 0 saturated heterocycles. The van der Waals surface area contributed by atoms with E-state index < -0.39 is 9.84 Å². The molecule has 0 bridgehead atoms. The summed E-state index contributed by atoms with van der Waals surface area (Å²) in [5, 5.41) is 0. The highest BCUT2D eigenvalue weighted by molar-refractivity contribution is 7.90. The van der Waals surface area contributed by atoms with Crippen LogP contribution in [0.25, 0.3) is 0 Å². The van der Waals surface area contributed by atoms with Crippen molar-refractivity contribution >= 4 is 9.84 Å². The number of ether oxygens (including phenoxy) is 1. The average molecular weight is 415 g/mol. The van der Waals surface area contributed by atoms with Crippen LogP contribution in [0.4, 0.5) is 0 Å². The summed E-state index contributed by atoms with van der Waals surface area (Å²) in [5.41, 5.74) is 1.30. The van der Waals surface area contributed by atoms with Crippen molar-refractivity contribution in [2.75, 3.05) is 12.9 Å². The third-order valence-electron chi connectivity index (χ3n) is 3.33. The van der Waals surface area contributed by atoms with Crippen molar-refractivity contribution in [3.63, 3.8) is 0 Å². The number of halogens is 1. The Morgan fingerprint density at radius 2 is 1.76 bits per heavy atom. The van der Waals surface area contributed by atoms with Gasteiger partial charge in [0, 0.05) is 6.26 Å². The number of hydrogen-bond donors (Lipinski definition) is 0. The van der Waals surface area contributed by atoms with Crippen LogP contribution in [0.5, 0.6) is 5.75 Å². The lowest BCUT2D eigenvalue weighted by molar-refractivity contribution is -0.597. The summed E-state index contributed by atoms with van der Waals surface area (Å²) in [6.07, 6.45) is 3.40. The minimum absolute atomic E-state index is 0.288. The first-order chi connectivity index (χ1) is 10.0. The Labute approximate surface area is 135 Å². The van der Waals surface area contributed by atoms with Crippen LogP contribution in [0.15, 0.2) is 47.4 Å². The van der Waals surface area contributed by atoms with Gasteiger partial charge in [0.2, 0.25) is 0 Å². The third kappa shape index (κ3) is 3.58. The van der Waals surface area contributed by atoms with Crippen molar-refractivity contribution in [1.82, 2.24) is 0 Å². The molecule has 1 heterocycles. The Hall–Kier alpha value is -1.08.